The van der Waals surface area contributed by atoms with Gasteiger partial charge in [-0.25, -0.2) is 13.8 Å². The number of hydrogen-bond donors (Lipinski definition) is 1. The van der Waals surface area contributed by atoms with Gasteiger partial charge in [0.1, 0.15) is 6.20 Å². The topological polar surface area (TPSA) is 81.0 Å². The van der Waals surface area contributed by atoms with Gasteiger partial charge in [0.25, 0.3) is 0 Å². The minimum Gasteiger partial charge on any atom is -0.361 e. The van der Waals surface area contributed by atoms with Crippen LogP contribution in [0.15, 0.2) is 6.20 Å². The Morgan fingerprint density at radius 1 is 1.61 bits per heavy atom. The number of anilines is 1. The number of aromatic nitrogens is 2. The monoisotopic (exact) mass is 278 g/mol. The minimum absolute atomic E-state index is 0.123. The van der Waals surface area contributed by atoms with E-state index in [0.717, 1.165) is 6.20 Å². The van der Waals surface area contributed by atoms with E-state index in [1.54, 1.807) is 0 Å². The highest BCUT2D eigenvalue weighted by Crippen LogP contribution is 2.37. The maximum Gasteiger partial charge on any atom is 0.329 e. The van der Waals surface area contributed by atoms with Crippen LogP contribution in [0.2, 0.25) is 5.28 Å². The van der Waals surface area contributed by atoms with Gasteiger partial charge < -0.3 is 5.32 Å². The minimum atomic E-state index is -2.73. The van der Waals surface area contributed by atoms with Crippen molar-refractivity contribution < 1.29 is 13.7 Å². The standard InChI is InChI=1S/C9H9ClF2N4O2/c10-8-13-4-6(16(17)18)7(15-8)14-5-1-2-9(11,12)3-5/h4-5H,1-3H2,(H,13,14,15). The van der Waals surface area contributed by atoms with E-state index in [-0.39, 0.29) is 36.1 Å². The number of nitrogens with zero attached hydrogens (tertiary/aromatic N) is 3. The van der Waals surface area contributed by atoms with Gasteiger partial charge in [0.05, 0.1) is 4.92 Å². The number of nitro groups is 1. The Morgan fingerprint density at radius 3 is 2.89 bits per heavy atom. The fourth-order valence-corrected chi connectivity index (χ4v) is 1.99. The van der Waals surface area contributed by atoms with Crippen LogP contribution in [0, 0.1) is 10.1 Å². The molecule has 0 amide bonds. The molecule has 1 atom stereocenters. The molecule has 1 unspecified atom stereocenters. The van der Waals surface area contributed by atoms with Gasteiger partial charge in [-0.15, -0.1) is 0 Å². The van der Waals surface area contributed by atoms with Crippen molar-refractivity contribution in [2.45, 2.75) is 31.2 Å². The molecule has 1 aliphatic rings. The Hall–Kier alpha value is -1.57. The van der Waals surface area contributed by atoms with Crippen LogP contribution in [0.3, 0.4) is 0 Å². The van der Waals surface area contributed by atoms with E-state index in [1.165, 1.54) is 0 Å². The molecule has 0 bridgehead atoms. The summed E-state index contributed by atoms with van der Waals surface area (Å²) < 4.78 is 26.0. The lowest BCUT2D eigenvalue weighted by atomic mass is 10.2. The average molecular weight is 279 g/mol. The molecular weight excluding hydrogens is 270 g/mol. The normalized spacial score (nSPS) is 21.8. The predicted molar refractivity (Wildman–Crippen MR) is 59.9 cm³/mol. The van der Waals surface area contributed by atoms with Gasteiger partial charge in [-0.2, -0.15) is 4.98 Å². The van der Waals surface area contributed by atoms with E-state index in [1.807, 2.05) is 0 Å². The van der Waals surface area contributed by atoms with Gasteiger partial charge in [0.15, 0.2) is 0 Å². The van der Waals surface area contributed by atoms with Crippen LogP contribution in [-0.4, -0.2) is 26.9 Å². The maximum atomic E-state index is 13.0. The Balaban J connectivity index is 2.18. The summed E-state index contributed by atoms with van der Waals surface area (Å²) in [5.41, 5.74) is -0.380. The zero-order valence-electron chi connectivity index (χ0n) is 9.07. The predicted octanol–water partition coefficient (Wildman–Crippen LogP) is 2.64. The van der Waals surface area contributed by atoms with E-state index in [2.05, 4.69) is 15.3 Å². The van der Waals surface area contributed by atoms with Crippen molar-refractivity contribution >= 4 is 23.1 Å². The van der Waals surface area contributed by atoms with Crippen LogP contribution in [0.25, 0.3) is 0 Å². The summed E-state index contributed by atoms with van der Waals surface area (Å²) in [5.74, 6) is -2.86. The second-order valence-electron chi connectivity index (χ2n) is 4.07. The summed E-state index contributed by atoms with van der Waals surface area (Å²) in [6, 6.07) is -0.551. The van der Waals surface area contributed by atoms with Crippen molar-refractivity contribution in [1.82, 2.24) is 9.97 Å². The first-order valence-corrected chi connectivity index (χ1v) is 5.56. The number of nitrogens with one attached hydrogen (secondary N) is 1. The molecule has 1 N–H and O–H groups in total. The van der Waals surface area contributed by atoms with E-state index >= 15 is 0 Å². The first-order valence-electron chi connectivity index (χ1n) is 5.19. The first-order chi connectivity index (χ1) is 8.37. The molecule has 0 saturated heterocycles. The highest BCUT2D eigenvalue weighted by molar-refractivity contribution is 6.28. The maximum absolute atomic E-state index is 13.0. The first kappa shape index (κ1) is 12.9. The van der Waals surface area contributed by atoms with Crippen LogP contribution < -0.4 is 5.32 Å². The van der Waals surface area contributed by atoms with Gasteiger partial charge in [0.2, 0.25) is 17.0 Å². The van der Waals surface area contributed by atoms with E-state index in [9.17, 15) is 18.9 Å². The van der Waals surface area contributed by atoms with Gasteiger partial charge in [-0.05, 0) is 18.0 Å². The molecule has 98 valence electrons. The summed E-state index contributed by atoms with van der Waals surface area (Å²) in [5, 5.41) is 13.2. The third-order valence-corrected chi connectivity index (χ3v) is 2.86. The fraction of sp³-hybridized carbons (Fsp3) is 0.556. The van der Waals surface area contributed by atoms with Crippen LogP contribution in [0.5, 0.6) is 0 Å². The number of hydrogen-bond acceptors (Lipinski definition) is 5. The second kappa shape index (κ2) is 4.60. The number of halogens is 3. The van der Waals surface area contributed by atoms with Crippen molar-refractivity contribution in [2.75, 3.05) is 5.32 Å². The molecule has 1 saturated carbocycles. The Labute approximate surface area is 106 Å². The molecule has 9 heteroatoms. The zero-order chi connectivity index (χ0) is 13.3. The lowest BCUT2D eigenvalue weighted by Gasteiger charge is -2.13. The Kier molecular flexibility index (Phi) is 3.29. The smallest absolute Gasteiger partial charge is 0.329 e. The molecule has 18 heavy (non-hydrogen) atoms. The quantitative estimate of drug-likeness (QED) is 0.522. The molecule has 1 aromatic rings. The number of rotatable bonds is 3. The van der Waals surface area contributed by atoms with Crippen LogP contribution in [-0.2, 0) is 0 Å². The van der Waals surface area contributed by atoms with E-state index in [0.29, 0.717) is 0 Å². The molecular formula is C9H9ClF2N4O2. The van der Waals surface area contributed by atoms with Crippen molar-refractivity contribution in [1.29, 1.82) is 0 Å². The summed E-state index contributed by atoms with van der Waals surface area (Å²) in [6.07, 6.45) is 0.569. The van der Waals surface area contributed by atoms with E-state index < -0.39 is 16.9 Å². The fourth-order valence-electron chi connectivity index (χ4n) is 1.86. The molecule has 1 aliphatic carbocycles. The van der Waals surface area contributed by atoms with Crippen molar-refractivity contribution in [2.24, 2.45) is 0 Å². The van der Waals surface area contributed by atoms with Gasteiger partial charge in [-0.3, -0.25) is 10.1 Å². The summed E-state index contributed by atoms with van der Waals surface area (Å²) in [7, 11) is 0. The molecule has 0 aromatic carbocycles. The molecule has 0 radical (unpaired) electrons. The molecule has 1 heterocycles. The summed E-state index contributed by atoms with van der Waals surface area (Å²) in [6.45, 7) is 0. The lowest BCUT2D eigenvalue weighted by molar-refractivity contribution is -0.384. The molecule has 0 spiro atoms. The third-order valence-electron chi connectivity index (χ3n) is 2.68. The average Bonchev–Trinajstić information content (AvgIpc) is 2.57. The third kappa shape index (κ3) is 2.81. The van der Waals surface area contributed by atoms with Crippen molar-refractivity contribution in [3.63, 3.8) is 0 Å². The van der Waals surface area contributed by atoms with Gasteiger partial charge >= 0.3 is 5.69 Å². The molecule has 1 aromatic heterocycles. The van der Waals surface area contributed by atoms with Crippen molar-refractivity contribution in [3.8, 4) is 0 Å². The summed E-state index contributed by atoms with van der Waals surface area (Å²) >= 11 is 5.53. The molecule has 6 nitrogen and oxygen atoms in total. The van der Waals surface area contributed by atoms with Crippen LogP contribution >= 0.6 is 11.6 Å². The SMILES string of the molecule is O=[N+]([O-])c1cnc(Cl)nc1NC1CCC(F)(F)C1. The largest absolute Gasteiger partial charge is 0.361 e. The second-order valence-corrected chi connectivity index (χ2v) is 4.41. The molecule has 0 aliphatic heterocycles. The summed E-state index contributed by atoms with van der Waals surface area (Å²) in [4.78, 5) is 17.2. The van der Waals surface area contributed by atoms with E-state index in [4.69, 9.17) is 11.6 Å². The Morgan fingerprint density at radius 2 is 2.33 bits per heavy atom. The Bertz CT molecular complexity index is 486. The highest BCUT2D eigenvalue weighted by atomic mass is 35.5. The van der Waals surface area contributed by atoms with Crippen LogP contribution in [0.1, 0.15) is 19.3 Å². The lowest BCUT2D eigenvalue weighted by Crippen LogP contribution is -2.20. The van der Waals surface area contributed by atoms with Gasteiger partial charge in [-0.1, -0.05) is 0 Å². The molecule has 2 rings (SSSR count). The van der Waals surface area contributed by atoms with Crippen molar-refractivity contribution in [3.05, 3.63) is 21.6 Å². The van der Waals surface area contributed by atoms with Gasteiger partial charge in [0, 0.05) is 18.9 Å². The zero-order valence-corrected chi connectivity index (χ0v) is 9.82. The highest BCUT2D eigenvalue weighted by Gasteiger charge is 2.40. The van der Waals surface area contributed by atoms with Crippen LogP contribution in [0.4, 0.5) is 20.3 Å². The molecule has 1 fully saturated rings. The number of alkyl halides is 2.